The molecule has 8 aromatic carbocycles. The summed E-state index contributed by atoms with van der Waals surface area (Å²) >= 11 is 0. The molecule has 0 heterocycles. The maximum absolute atomic E-state index is 2.40. The van der Waals surface area contributed by atoms with Crippen molar-refractivity contribution in [2.45, 2.75) is 73.6 Å². The standard InChI is InChI=1S/C61H64P2/c1-46-10-30-56(31-11-46)62(57-32-12-47(2)13-33-57,58-34-14-48(3)15-35-58)44-42-54-26-22-52(23-27-54)8-7-9-53-24-28-55(29-25-53)43-45-63(59-36-16-49(4)17-37-59,60-38-18-50(5)19-39-60)61-40-20-51(6)21-41-61/h10-41H,7-9,42-45H2,1-6H3/q+2. The molecule has 0 N–H and O–H groups in total. The normalized spacial score (nSPS) is 11.8. The molecule has 0 radical (unpaired) electrons. The third kappa shape index (κ3) is 10.2. The fourth-order valence-electron chi connectivity index (χ4n) is 9.30. The zero-order valence-electron chi connectivity index (χ0n) is 38.3. The first kappa shape index (κ1) is 44.2. The molecule has 0 atom stereocenters. The molecule has 2 heteroatoms. The first-order valence-electron chi connectivity index (χ1n) is 23.0. The molecular weight excluding hydrogens is 795 g/mol. The fourth-order valence-corrected chi connectivity index (χ4v) is 17.8. The maximum Gasteiger partial charge on any atom is 0.112 e. The summed E-state index contributed by atoms with van der Waals surface area (Å²) in [6, 6.07) is 75.5. The van der Waals surface area contributed by atoms with E-state index in [1.807, 2.05) is 0 Å². The quantitative estimate of drug-likeness (QED) is 0.0849. The van der Waals surface area contributed by atoms with Gasteiger partial charge in [-0.15, -0.1) is 0 Å². The SMILES string of the molecule is Cc1ccc([P+](CCc2ccc(CCCc3ccc(CC[P+](c4ccc(C)cc4)(c4ccc(C)cc4)c4ccc(C)cc4)cc3)cc2)(c2ccc(C)cc2)c2ccc(C)cc2)cc1. The van der Waals surface area contributed by atoms with Gasteiger partial charge in [-0.05, 0) is 156 Å². The predicted molar refractivity (Wildman–Crippen MR) is 281 cm³/mol. The Morgan fingerprint density at radius 1 is 0.222 bits per heavy atom. The molecule has 316 valence electrons. The fraction of sp³-hybridized carbons (Fsp3) is 0.213. The zero-order chi connectivity index (χ0) is 43.8. The van der Waals surface area contributed by atoms with E-state index in [1.54, 1.807) is 0 Å². The molecule has 63 heavy (non-hydrogen) atoms. The highest BCUT2D eigenvalue weighted by atomic mass is 31.2. The van der Waals surface area contributed by atoms with Crippen molar-refractivity contribution >= 4 is 46.4 Å². The maximum atomic E-state index is 2.40. The molecule has 0 aromatic heterocycles. The first-order valence-corrected chi connectivity index (χ1v) is 26.9. The van der Waals surface area contributed by atoms with Crippen molar-refractivity contribution in [3.63, 3.8) is 0 Å². The molecule has 0 saturated carbocycles. The lowest BCUT2D eigenvalue weighted by molar-refractivity contribution is 0.819. The number of rotatable bonds is 16. The van der Waals surface area contributed by atoms with E-state index >= 15 is 0 Å². The average molecular weight is 859 g/mol. The van der Waals surface area contributed by atoms with Crippen molar-refractivity contribution in [2.24, 2.45) is 0 Å². The van der Waals surface area contributed by atoms with Gasteiger partial charge in [0.1, 0.15) is 46.4 Å². The Morgan fingerprint density at radius 3 is 0.587 bits per heavy atom. The van der Waals surface area contributed by atoms with Crippen LogP contribution < -0.4 is 31.8 Å². The van der Waals surface area contributed by atoms with Gasteiger partial charge in [0, 0.05) is 12.8 Å². The highest BCUT2D eigenvalue weighted by Crippen LogP contribution is 2.57. The molecule has 0 spiro atoms. The summed E-state index contributed by atoms with van der Waals surface area (Å²) in [4.78, 5) is 0. The van der Waals surface area contributed by atoms with Crippen LogP contribution in [0.3, 0.4) is 0 Å². The second kappa shape index (κ2) is 20.0. The lowest BCUT2D eigenvalue weighted by Gasteiger charge is -2.28. The Kier molecular flexibility index (Phi) is 14.0. The molecule has 0 unspecified atom stereocenters. The smallest absolute Gasteiger partial charge is 0.0588 e. The topological polar surface area (TPSA) is 0 Å². The van der Waals surface area contributed by atoms with Crippen LogP contribution >= 0.6 is 14.5 Å². The van der Waals surface area contributed by atoms with Crippen LogP contribution in [0.25, 0.3) is 0 Å². The monoisotopic (exact) mass is 858 g/mol. The highest BCUT2D eigenvalue weighted by Gasteiger charge is 2.46. The summed E-state index contributed by atoms with van der Waals surface area (Å²) in [6.45, 7) is 13.2. The molecule has 8 rings (SSSR count). The van der Waals surface area contributed by atoms with E-state index in [0.29, 0.717) is 0 Å². The van der Waals surface area contributed by atoms with Gasteiger partial charge in [-0.3, -0.25) is 0 Å². The highest BCUT2D eigenvalue weighted by molar-refractivity contribution is 7.96. The number of benzene rings is 8. The van der Waals surface area contributed by atoms with Crippen molar-refractivity contribution in [1.82, 2.24) is 0 Å². The van der Waals surface area contributed by atoms with Gasteiger partial charge < -0.3 is 0 Å². The lowest BCUT2D eigenvalue weighted by Crippen LogP contribution is -2.34. The molecule has 0 nitrogen and oxygen atoms in total. The Hall–Kier alpha value is -5.38. The minimum absolute atomic E-state index is 1.04. The van der Waals surface area contributed by atoms with Gasteiger partial charge in [0.15, 0.2) is 0 Å². The Labute approximate surface area is 380 Å². The summed E-state index contributed by atoms with van der Waals surface area (Å²) in [6.07, 6.45) is 7.61. The van der Waals surface area contributed by atoms with Gasteiger partial charge in [0.05, 0.1) is 12.3 Å². The van der Waals surface area contributed by atoms with Gasteiger partial charge in [-0.25, -0.2) is 0 Å². The largest absolute Gasteiger partial charge is 0.112 e. The van der Waals surface area contributed by atoms with E-state index in [1.165, 1.54) is 87.5 Å². The molecule has 0 aliphatic carbocycles. The second-order valence-corrected chi connectivity index (χ2v) is 25.3. The van der Waals surface area contributed by atoms with Crippen LogP contribution in [0.1, 0.15) is 62.1 Å². The van der Waals surface area contributed by atoms with Gasteiger partial charge in [0.2, 0.25) is 0 Å². The molecule has 0 amide bonds. The van der Waals surface area contributed by atoms with Crippen LogP contribution in [0.2, 0.25) is 0 Å². The summed E-state index contributed by atoms with van der Waals surface area (Å²) in [5, 5.41) is 8.79. The van der Waals surface area contributed by atoms with Crippen molar-refractivity contribution < 1.29 is 0 Å². The third-order valence-electron chi connectivity index (χ3n) is 13.3. The van der Waals surface area contributed by atoms with Gasteiger partial charge in [-0.1, -0.05) is 155 Å². The number of hydrogen-bond donors (Lipinski definition) is 0. The molecule has 0 aliphatic rings. The summed E-state index contributed by atoms with van der Waals surface area (Å²) in [5.74, 6) is 0. The molecule has 0 saturated heterocycles. The van der Waals surface area contributed by atoms with Gasteiger partial charge in [0.25, 0.3) is 0 Å². The summed E-state index contributed by atoms with van der Waals surface area (Å²) in [7, 11) is -3.81. The van der Waals surface area contributed by atoms with E-state index in [-0.39, 0.29) is 0 Å². The third-order valence-corrected chi connectivity index (χ3v) is 22.2. The lowest BCUT2D eigenvalue weighted by atomic mass is 10.0. The number of hydrogen-bond acceptors (Lipinski definition) is 0. The Balaban J connectivity index is 0.940. The minimum Gasteiger partial charge on any atom is -0.0588 e. The van der Waals surface area contributed by atoms with E-state index in [9.17, 15) is 0 Å². The zero-order valence-corrected chi connectivity index (χ0v) is 40.1. The molecule has 8 aromatic rings. The molecule has 0 fully saturated rings. The van der Waals surface area contributed by atoms with Crippen LogP contribution in [0.15, 0.2) is 194 Å². The first-order chi connectivity index (χ1) is 30.6. The second-order valence-electron chi connectivity index (χ2n) is 18.1. The van der Waals surface area contributed by atoms with Gasteiger partial charge >= 0.3 is 0 Å². The van der Waals surface area contributed by atoms with Crippen LogP contribution in [-0.4, -0.2) is 12.3 Å². The molecular formula is C61H64P2+2. The van der Waals surface area contributed by atoms with Crippen LogP contribution in [-0.2, 0) is 25.7 Å². The molecule has 0 aliphatic heterocycles. The average Bonchev–Trinajstić information content (AvgIpc) is 3.30. The molecule has 0 bridgehead atoms. The summed E-state index contributed by atoms with van der Waals surface area (Å²) < 4.78 is 0. The number of aryl methyl sites for hydroxylation is 10. The van der Waals surface area contributed by atoms with Crippen molar-refractivity contribution in [3.05, 3.63) is 250 Å². The Morgan fingerprint density at radius 2 is 0.397 bits per heavy atom. The van der Waals surface area contributed by atoms with Gasteiger partial charge in [-0.2, -0.15) is 0 Å². The summed E-state index contributed by atoms with van der Waals surface area (Å²) in [5.41, 5.74) is 13.5. The minimum atomic E-state index is -1.90. The van der Waals surface area contributed by atoms with Crippen molar-refractivity contribution in [1.29, 1.82) is 0 Å². The van der Waals surface area contributed by atoms with E-state index < -0.39 is 14.5 Å². The van der Waals surface area contributed by atoms with Crippen LogP contribution in [0, 0.1) is 41.5 Å². The van der Waals surface area contributed by atoms with Crippen LogP contribution in [0.4, 0.5) is 0 Å². The van der Waals surface area contributed by atoms with Crippen molar-refractivity contribution in [2.75, 3.05) is 12.3 Å². The van der Waals surface area contributed by atoms with E-state index in [4.69, 9.17) is 0 Å². The van der Waals surface area contributed by atoms with E-state index in [0.717, 1.165) is 44.4 Å². The predicted octanol–water partition coefficient (Wildman–Crippen LogP) is 12.8. The van der Waals surface area contributed by atoms with Crippen LogP contribution in [0.5, 0.6) is 0 Å². The van der Waals surface area contributed by atoms with Crippen molar-refractivity contribution in [3.8, 4) is 0 Å². The van der Waals surface area contributed by atoms with E-state index in [2.05, 4.69) is 236 Å². The Bertz CT molecular complexity index is 2260.